The number of hydrogen-bond acceptors (Lipinski definition) is 7. The number of carbonyl (C=O) groups excluding carboxylic acids is 4. The lowest BCUT2D eigenvalue weighted by Gasteiger charge is -2.31. The van der Waals surface area contributed by atoms with E-state index in [0.717, 1.165) is 44.3 Å². The molecule has 2 aromatic carbocycles. The number of carbonyl (C=O) groups is 4. The van der Waals surface area contributed by atoms with Crippen LogP contribution in [0.2, 0.25) is 0 Å². The van der Waals surface area contributed by atoms with Crippen LogP contribution in [-0.4, -0.2) is 67.4 Å². The zero-order chi connectivity index (χ0) is 31.6. The van der Waals surface area contributed by atoms with Gasteiger partial charge >= 0.3 is 11.9 Å². The zero-order valence-corrected chi connectivity index (χ0v) is 26.8. The number of ether oxygens (including phenoxy) is 2. The van der Waals surface area contributed by atoms with Gasteiger partial charge in [0.2, 0.25) is 0 Å². The van der Waals surface area contributed by atoms with Gasteiger partial charge in [0, 0.05) is 24.2 Å². The molecular weight excluding hydrogens is 568 g/mol. The molecule has 0 atom stereocenters. The van der Waals surface area contributed by atoms with Crippen molar-refractivity contribution < 1.29 is 28.7 Å². The summed E-state index contributed by atoms with van der Waals surface area (Å²) in [5.41, 5.74) is 3.73. The van der Waals surface area contributed by atoms with Crippen molar-refractivity contribution in [1.29, 1.82) is 0 Å². The molecule has 0 radical (unpaired) electrons. The summed E-state index contributed by atoms with van der Waals surface area (Å²) in [6, 6.07) is 15.1. The maximum atomic E-state index is 12.4. The number of esters is 2. The van der Waals surface area contributed by atoms with Crippen LogP contribution in [0.15, 0.2) is 48.5 Å². The van der Waals surface area contributed by atoms with E-state index in [-0.39, 0.29) is 29.7 Å². The van der Waals surface area contributed by atoms with E-state index < -0.39 is 5.24 Å². The summed E-state index contributed by atoms with van der Waals surface area (Å²) in [5, 5.41) is 2.81. The van der Waals surface area contributed by atoms with E-state index in [0.29, 0.717) is 44.7 Å². The Bertz CT molecular complexity index is 1140. The first-order valence-corrected chi connectivity index (χ1v) is 15.8. The van der Waals surface area contributed by atoms with Gasteiger partial charge in [-0.15, -0.1) is 0 Å². The molecule has 0 saturated carbocycles. The van der Waals surface area contributed by atoms with Crippen LogP contribution >= 0.6 is 11.6 Å². The van der Waals surface area contributed by atoms with Crippen molar-refractivity contribution in [3.05, 3.63) is 70.8 Å². The van der Waals surface area contributed by atoms with Gasteiger partial charge in [-0.05, 0) is 112 Å². The fraction of sp³-hybridized carbons (Fsp3) is 0.529. The Kier molecular flexibility index (Phi) is 16.6. The SMILES string of the molecule is CCOC(=O)C1CCN(C(=O)c2ccc(CC)cc2)CC1.CCOC(=O)C1CCNCC1.CCc1ccc(C(=O)Cl)cc1. The van der Waals surface area contributed by atoms with Gasteiger partial charge in [0.15, 0.2) is 0 Å². The number of nitrogens with one attached hydrogen (secondary N) is 1. The molecule has 2 aromatic rings. The molecule has 4 rings (SSSR count). The molecule has 0 bridgehead atoms. The Hall–Kier alpha value is -3.23. The average Bonchev–Trinajstić information content (AvgIpc) is 3.06. The molecule has 2 heterocycles. The van der Waals surface area contributed by atoms with Crippen LogP contribution in [0.5, 0.6) is 0 Å². The standard InChI is InChI=1S/C17H23NO3.C9H9ClO.C8H15NO2/c1-3-13-5-7-14(8-6-13)16(19)18-11-9-15(10-12-18)17(20)21-4-2;1-2-7-3-5-8(6-4-7)9(10)11;1-2-11-8(10)7-3-5-9-6-4-7/h5-8,15H,3-4,9-12H2,1-2H3;3-6H,2H2,1H3;7,9H,2-6H2,1H3. The summed E-state index contributed by atoms with van der Waals surface area (Å²) in [6.07, 6.45) is 5.20. The largest absolute Gasteiger partial charge is 0.466 e. The van der Waals surface area contributed by atoms with Crippen LogP contribution in [0.4, 0.5) is 0 Å². The van der Waals surface area contributed by atoms with Gasteiger partial charge in [-0.3, -0.25) is 19.2 Å². The van der Waals surface area contributed by atoms with E-state index in [9.17, 15) is 19.2 Å². The molecule has 1 amide bonds. The maximum Gasteiger partial charge on any atom is 0.309 e. The molecule has 0 aromatic heterocycles. The lowest BCUT2D eigenvalue weighted by molar-refractivity contribution is -0.150. The van der Waals surface area contributed by atoms with Crippen LogP contribution in [0, 0.1) is 11.8 Å². The maximum absolute atomic E-state index is 12.4. The Labute approximate surface area is 261 Å². The van der Waals surface area contributed by atoms with E-state index in [1.165, 1.54) is 11.1 Å². The third kappa shape index (κ3) is 12.5. The van der Waals surface area contributed by atoms with Crippen LogP contribution in [0.3, 0.4) is 0 Å². The van der Waals surface area contributed by atoms with E-state index in [1.807, 2.05) is 55.1 Å². The third-order valence-corrected chi connectivity index (χ3v) is 7.78. The summed E-state index contributed by atoms with van der Waals surface area (Å²) >= 11 is 5.26. The van der Waals surface area contributed by atoms with Crippen molar-refractivity contribution in [2.75, 3.05) is 39.4 Å². The first-order chi connectivity index (χ1) is 20.7. The molecule has 0 aliphatic carbocycles. The van der Waals surface area contributed by atoms with Crippen molar-refractivity contribution >= 4 is 34.7 Å². The lowest BCUT2D eigenvalue weighted by Crippen LogP contribution is -2.40. The van der Waals surface area contributed by atoms with E-state index in [4.69, 9.17) is 21.1 Å². The fourth-order valence-corrected chi connectivity index (χ4v) is 4.96. The van der Waals surface area contributed by atoms with E-state index in [2.05, 4.69) is 19.2 Å². The molecule has 236 valence electrons. The second-order valence-corrected chi connectivity index (χ2v) is 10.8. The van der Waals surface area contributed by atoms with Gasteiger partial charge in [-0.1, -0.05) is 38.1 Å². The number of hydrogen-bond donors (Lipinski definition) is 1. The summed E-state index contributed by atoms with van der Waals surface area (Å²) < 4.78 is 9.96. The Balaban J connectivity index is 0.000000247. The minimum Gasteiger partial charge on any atom is -0.466 e. The quantitative estimate of drug-likeness (QED) is 0.294. The number of benzene rings is 2. The predicted molar refractivity (Wildman–Crippen MR) is 169 cm³/mol. The molecule has 0 spiro atoms. The molecule has 43 heavy (non-hydrogen) atoms. The minimum atomic E-state index is -0.396. The Morgan fingerprint density at radius 1 is 0.698 bits per heavy atom. The van der Waals surface area contributed by atoms with Crippen LogP contribution in [0.25, 0.3) is 0 Å². The number of aryl methyl sites for hydroxylation is 2. The number of halogens is 1. The number of piperidine rings is 2. The van der Waals surface area contributed by atoms with Gasteiger partial charge < -0.3 is 19.7 Å². The van der Waals surface area contributed by atoms with Gasteiger partial charge in [-0.25, -0.2) is 0 Å². The number of nitrogens with zero attached hydrogens (tertiary/aromatic N) is 1. The molecule has 2 aliphatic heterocycles. The van der Waals surface area contributed by atoms with Gasteiger partial charge in [-0.2, -0.15) is 0 Å². The van der Waals surface area contributed by atoms with Crippen LogP contribution in [-0.2, 0) is 31.9 Å². The van der Waals surface area contributed by atoms with Crippen LogP contribution < -0.4 is 5.32 Å². The number of amides is 1. The summed E-state index contributed by atoms with van der Waals surface area (Å²) in [6.45, 7) is 11.9. The normalized spacial score (nSPS) is 15.2. The highest BCUT2D eigenvalue weighted by Crippen LogP contribution is 2.20. The topological polar surface area (TPSA) is 102 Å². The third-order valence-electron chi connectivity index (χ3n) is 7.56. The van der Waals surface area contributed by atoms with Crippen molar-refractivity contribution in [1.82, 2.24) is 10.2 Å². The number of rotatable bonds is 8. The Morgan fingerprint density at radius 2 is 1.12 bits per heavy atom. The molecule has 9 heteroatoms. The molecule has 2 saturated heterocycles. The van der Waals surface area contributed by atoms with E-state index in [1.54, 1.807) is 12.1 Å². The van der Waals surface area contributed by atoms with Gasteiger partial charge in [0.05, 0.1) is 25.0 Å². The van der Waals surface area contributed by atoms with E-state index >= 15 is 0 Å². The summed E-state index contributed by atoms with van der Waals surface area (Å²) in [4.78, 5) is 47.7. The van der Waals surface area contributed by atoms with Crippen LogP contribution in [0.1, 0.15) is 85.2 Å². The van der Waals surface area contributed by atoms with Gasteiger partial charge in [0.25, 0.3) is 11.1 Å². The van der Waals surface area contributed by atoms with Crippen molar-refractivity contribution in [3.8, 4) is 0 Å². The van der Waals surface area contributed by atoms with Gasteiger partial charge in [0.1, 0.15) is 0 Å². The molecule has 0 unspecified atom stereocenters. The average molecular weight is 615 g/mol. The highest BCUT2D eigenvalue weighted by molar-refractivity contribution is 6.67. The first kappa shape index (κ1) is 36.0. The first-order valence-electron chi connectivity index (χ1n) is 15.4. The summed E-state index contributed by atoms with van der Waals surface area (Å²) in [7, 11) is 0. The van der Waals surface area contributed by atoms with Crippen molar-refractivity contribution in [3.63, 3.8) is 0 Å². The highest BCUT2D eigenvalue weighted by Gasteiger charge is 2.28. The molecular formula is C34H47ClN2O6. The fourth-order valence-electron chi connectivity index (χ4n) is 4.83. The zero-order valence-electron chi connectivity index (χ0n) is 26.0. The monoisotopic (exact) mass is 614 g/mol. The highest BCUT2D eigenvalue weighted by atomic mass is 35.5. The lowest BCUT2D eigenvalue weighted by atomic mass is 9.96. The number of likely N-dealkylation sites (tertiary alicyclic amines) is 1. The van der Waals surface area contributed by atoms with Crippen molar-refractivity contribution in [2.24, 2.45) is 11.8 Å². The molecule has 1 N–H and O–H groups in total. The predicted octanol–water partition coefficient (Wildman–Crippen LogP) is 5.84. The Morgan fingerprint density at radius 3 is 1.51 bits per heavy atom. The van der Waals surface area contributed by atoms with Crippen molar-refractivity contribution in [2.45, 2.75) is 66.2 Å². The second kappa shape index (κ2) is 19.9. The minimum absolute atomic E-state index is 0.0194. The molecule has 2 fully saturated rings. The summed E-state index contributed by atoms with van der Waals surface area (Å²) in [5.74, 6) is -0.00136. The smallest absolute Gasteiger partial charge is 0.309 e. The molecule has 2 aliphatic rings. The second-order valence-electron chi connectivity index (χ2n) is 10.5. The molecule has 8 nitrogen and oxygen atoms in total.